The number of guanidine groups is 1. The smallest absolute Gasteiger partial charge is 0.192 e. The number of nitrogens with one attached hydrogen (secondary N) is 2. The molecule has 146 valence electrons. The third-order valence-corrected chi connectivity index (χ3v) is 5.13. The molecule has 1 saturated carbocycles. The molecule has 7 nitrogen and oxygen atoms in total. The summed E-state index contributed by atoms with van der Waals surface area (Å²) in [5.74, 6) is 2.69. The number of rotatable bonds is 5. The van der Waals surface area contributed by atoms with Gasteiger partial charge in [-0.1, -0.05) is 18.2 Å². The molecular weight excluding hydrogens is 453 g/mol. The highest BCUT2D eigenvalue weighted by atomic mass is 127. The monoisotopic (exact) mass is 481 g/mol. The van der Waals surface area contributed by atoms with E-state index in [1.807, 2.05) is 18.5 Å². The van der Waals surface area contributed by atoms with E-state index in [0.29, 0.717) is 18.6 Å². The fourth-order valence-electron chi connectivity index (χ4n) is 3.24. The molecule has 1 unspecified atom stereocenters. The van der Waals surface area contributed by atoms with Gasteiger partial charge in [0.1, 0.15) is 12.4 Å². The van der Waals surface area contributed by atoms with Crippen molar-refractivity contribution in [1.82, 2.24) is 25.4 Å². The van der Waals surface area contributed by atoms with Crippen molar-refractivity contribution in [1.29, 1.82) is 0 Å². The largest absolute Gasteiger partial charge is 0.369 e. The van der Waals surface area contributed by atoms with Crippen molar-refractivity contribution in [3.05, 3.63) is 42.0 Å². The van der Waals surface area contributed by atoms with Crippen molar-refractivity contribution in [2.24, 2.45) is 12.0 Å². The van der Waals surface area contributed by atoms with Crippen LogP contribution >= 0.6 is 24.0 Å². The fraction of sp³-hybridized carbons (Fsp3) is 0.526. The molecule has 2 aromatic rings. The number of aromatic nitrogens is 3. The SMILES string of the molecule is Cc1nnc(CN=C(NC2CC2)NC2CCN(c3ccccc3)C2)n1C.I. The molecule has 27 heavy (non-hydrogen) atoms. The van der Waals surface area contributed by atoms with Crippen molar-refractivity contribution < 1.29 is 0 Å². The van der Waals surface area contributed by atoms with Crippen LogP contribution < -0.4 is 15.5 Å². The first kappa shape index (κ1) is 19.9. The van der Waals surface area contributed by atoms with Gasteiger partial charge in [-0.05, 0) is 38.3 Å². The van der Waals surface area contributed by atoms with Crippen molar-refractivity contribution in [2.75, 3.05) is 18.0 Å². The molecule has 8 heteroatoms. The maximum Gasteiger partial charge on any atom is 0.192 e. The van der Waals surface area contributed by atoms with E-state index in [9.17, 15) is 0 Å². The topological polar surface area (TPSA) is 70.4 Å². The Morgan fingerprint density at radius 3 is 2.52 bits per heavy atom. The second-order valence-corrected chi connectivity index (χ2v) is 7.22. The summed E-state index contributed by atoms with van der Waals surface area (Å²) < 4.78 is 1.99. The molecule has 1 aliphatic carbocycles. The van der Waals surface area contributed by atoms with Gasteiger partial charge in [0, 0.05) is 37.9 Å². The lowest BCUT2D eigenvalue weighted by Gasteiger charge is -2.20. The van der Waals surface area contributed by atoms with E-state index in [0.717, 1.165) is 37.1 Å². The molecule has 1 aromatic carbocycles. The Kier molecular flexibility index (Phi) is 6.56. The fourth-order valence-corrected chi connectivity index (χ4v) is 3.24. The summed E-state index contributed by atoms with van der Waals surface area (Å²) in [7, 11) is 1.98. The molecule has 0 bridgehead atoms. The summed E-state index contributed by atoms with van der Waals surface area (Å²) in [5, 5.41) is 15.5. The van der Waals surface area contributed by atoms with E-state index >= 15 is 0 Å². The van der Waals surface area contributed by atoms with Crippen LogP contribution in [-0.4, -0.2) is 45.9 Å². The molecule has 0 spiro atoms. The van der Waals surface area contributed by atoms with Gasteiger partial charge in [0.15, 0.2) is 11.8 Å². The quantitative estimate of drug-likeness (QED) is 0.390. The zero-order chi connectivity index (χ0) is 17.9. The lowest BCUT2D eigenvalue weighted by molar-refractivity contribution is 0.642. The summed E-state index contributed by atoms with van der Waals surface area (Å²) in [5.41, 5.74) is 1.29. The summed E-state index contributed by atoms with van der Waals surface area (Å²) >= 11 is 0. The molecule has 2 N–H and O–H groups in total. The van der Waals surface area contributed by atoms with Crippen LogP contribution in [0, 0.1) is 6.92 Å². The van der Waals surface area contributed by atoms with Gasteiger partial charge in [-0.25, -0.2) is 4.99 Å². The van der Waals surface area contributed by atoms with Crippen molar-refractivity contribution in [3.63, 3.8) is 0 Å². The first-order valence-corrected chi connectivity index (χ1v) is 9.41. The lowest BCUT2D eigenvalue weighted by atomic mass is 10.3. The maximum absolute atomic E-state index is 4.76. The van der Waals surface area contributed by atoms with Crippen LogP contribution in [-0.2, 0) is 13.6 Å². The van der Waals surface area contributed by atoms with Crippen LogP contribution in [0.3, 0.4) is 0 Å². The number of aliphatic imine (C=N–C) groups is 1. The molecule has 2 heterocycles. The highest BCUT2D eigenvalue weighted by molar-refractivity contribution is 14.0. The number of hydrogen-bond donors (Lipinski definition) is 2. The third-order valence-electron chi connectivity index (χ3n) is 5.13. The van der Waals surface area contributed by atoms with Crippen LogP contribution in [0.5, 0.6) is 0 Å². The molecular formula is C19H28IN7. The number of nitrogens with zero attached hydrogens (tertiary/aromatic N) is 5. The molecule has 0 amide bonds. The average Bonchev–Trinajstić information content (AvgIpc) is 3.26. The lowest BCUT2D eigenvalue weighted by Crippen LogP contribution is -2.45. The highest BCUT2D eigenvalue weighted by Gasteiger charge is 2.26. The zero-order valence-corrected chi connectivity index (χ0v) is 18.3. The van der Waals surface area contributed by atoms with Gasteiger partial charge < -0.3 is 20.1 Å². The van der Waals surface area contributed by atoms with Gasteiger partial charge in [0.2, 0.25) is 0 Å². The van der Waals surface area contributed by atoms with Gasteiger partial charge in [0.25, 0.3) is 0 Å². The Bertz CT molecular complexity index is 770. The molecule has 1 atom stereocenters. The number of para-hydroxylation sites is 1. The van der Waals surface area contributed by atoms with Crippen molar-refractivity contribution in [3.8, 4) is 0 Å². The Hall–Kier alpha value is -1.84. The Labute approximate surface area is 177 Å². The second-order valence-electron chi connectivity index (χ2n) is 7.22. The number of aryl methyl sites for hydroxylation is 1. The first-order chi connectivity index (χ1) is 12.7. The third kappa shape index (κ3) is 5.12. The van der Waals surface area contributed by atoms with Crippen molar-refractivity contribution in [2.45, 2.75) is 44.8 Å². The average molecular weight is 481 g/mol. The first-order valence-electron chi connectivity index (χ1n) is 9.41. The van der Waals surface area contributed by atoms with E-state index in [2.05, 4.69) is 56.1 Å². The van der Waals surface area contributed by atoms with Gasteiger partial charge in [0.05, 0.1) is 0 Å². The summed E-state index contributed by atoms with van der Waals surface area (Å²) in [6.45, 7) is 4.56. The molecule has 1 aliphatic heterocycles. The Morgan fingerprint density at radius 1 is 1.11 bits per heavy atom. The maximum atomic E-state index is 4.76. The van der Waals surface area contributed by atoms with Crippen LogP contribution in [0.4, 0.5) is 5.69 Å². The van der Waals surface area contributed by atoms with E-state index in [-0.39, 0.29) is 24.0 Å². The normalized spacial score (nSPS) is 19.7. The minimum atomic E-state index is 0. The van der Waals surface area contributed by atoms with Gasteiger partial charge >= 0.3 is 0 Å². The van der Waals surface area contributed by atoms with E-state index < -0.39 is 0 Å². The molecule has 4 rings (SSSR count). The number of anilines is 1. The minimum absolute atomic E-state index is 0. The summed E-state index contributed by atoms with van der Waals surface area (Å²) in [6, 6.07) is 11.6. The van der Waals surface area contributed by atoms with E-state index in [1.54, 1.807) is 0 Å². The van der Waals surface area contributed by atoms with Gasteiger partial charge in [-0.15, -0.1) is 34.2 Å². The Balaban J connectivity index is 0.00000210. The minimum Gasteiger partial charge on any atom is -0.369 e. The summed E-state index contributed by atoms with van der Waals surface area (Å²) in [4.78, 5) is 7.19. The highest BCUT2D eigenvalue weighted by Crippen LogP contribution is 2.21. The van der Waals surface area contributed by atoms with Crippen LogP contribution in [0.2, 0.25) is 0 Å². The van der Waals surface area contributed by atoms with Crippen LogP contribution in [0.1, 0.15) is 30.9 Å². The van der Waals surface area contributed by atoms with Crippen LogP contribution in [0.15, 0.2) is 35.3 Å². The number of halogens is 1. The standard InChI is InChI=1S/C19H27N7.HI/c1-14-23-24-18(25(14)2)12-20-19(21-15-8-9-15)22-16-10-11-26(13-16)17-6-4-3-5-7-17;/h3-7,15-16H,8-13H2,1-2H3,(H2,20,21,22);1H. The molecule has 1 aromatic heterocycles. The van der Waals surface area contributed by atoms with Crippen molar-refractivity contribution >= 4 is 35.6 Å². The number of benzene rings is 1. The van der Waals surface area contributed by atoms with Gasteiger partial charge in [-0.2, -0.15) is 0 Å². The molecule has 1 saturated heterocycles. The van der Waals surface area contributed by atoms with Crippen LogP contribution in [0.25, 0.3) is 0 Å². The summed E-state index contributed by atoms with van der Waals surface area (Å²) in [6.07, 6.45) is 3.57. The zero-order valence-electron chi connectivity index (χ0n) is 15.9. The molecule has 0 radical (unpaired) electrons. The van der Waals surface area contributed by atoms with E-state index in [1.165, 1.54) is 18.5 Å². The Morgan fingerprint density at radius 2 is 1.85 bits per heavy atom. The molecule has 2 aliphatic rings. The predicted octanol–water partition coefficient (Wildman–Crippen LogP) is 2.22. The second kappa shape index (κ2) is 8.90. The number of hydrogen-bond acceptors (Lipinski definition) is 4. The predicted molar refractivity (Wildman–Crippen MR) is 119 cm³/mol. The van der Waals surface area contributed by atoms with E-state index in [4.69, 9.17) is 4.99 Å². The van der Waals surface area contributed by atoms with Gasteiger partial charge in [-0.3, -0.25) is 0 Å². The molecule has 2 fully saturated rings.